The molecule has 1 N–H and O–H groups in total. The van der Waals surface area contributed by atoms with Gasteiger partial charge in [0.15, 0.2) is 0 Å². The highest BCUT2D eigenvalue weighted by Crippen LogP contribution is 2.25. The molecule has 1 aromatic carbocycles. The second-order valence-corrected chi connectivity index (χ2v) is 4.03. The number of halogens is 1. The molecular formula is C12H12FN3. The van der Waals surface area contributed by atoms with Crippen molar-refractivity contribution in [3.05, 3.63) is 47.5 Å². The maximum atomic E-state index is 13.6. The van der Waals surface area contributed by atoms with Crippen molar-refractivity contribution in [2.24, 2.45) is 0 Å². The second-order valence-electron chi connectivity index (χ2n) is 4.03. The maximum Gasteiger partial charge on any atom is 0.148 e. The summed E-state index contributed by atoms with van der Waals surface area (Å²) >= 11 is 0. The van der Waals surface area contributed by atoms with Gasteiger partial charge in [0.05, 0.1) is 5.69 Å². The normalized spacial score (nSPS) is 18.8. The van der Waals surface area contributed by atoms with E-state index in [9.17, 15) is 4.39 Å². The quantitative estimate of drug-likeness (QED) is 0.793. The van der Waals surface area contributed by atoms with E-state index in [4.69, 9.17) is 0 Å². The second kappa shape index (κ2) is 3.42. The molecule has 0 spiro atoms. The monoisotopic (exact) mass is 217 g/mol. The summed E-state index contributed by atoms with van der Waals surface area (Å²) in [7, 11) is 0. The lowest BCUT2D eigenvalue weighted by Gasteiger charge is -2.04. The molecule has 4 heteroatoms. The molecule has 16 heavy (non-hydrogen) atoms. The van der Waals surface area contributed by atoms with Gasteiger partial charge in [-0.25, -0.2) is 9.07 Å². The van der Waals surface area contributed by atoms with E-state index in [2.05, 4.69) is 17.3 Å². The SMILES string of the molecule is CC1NCc2nn(-c3ccccc3F)cc21. The highest BCUT2D eigenvalue weighted by molar-refractivity contribution is 5.36. The average molecular weight is 217 g/mol. The minimum atomic E-state index is -0.246. The first-order valence-electron chi connectivity index (χ1n) is 5.32. The Morgan fingerprint density at radius 2 is 2.25 bits per heavy atom. The number of fused-ring (bicyclic) bond motifs is 1. The third kappa shape index (κ3) is 1.34. The van der Waals surface area contributed by atoms with Gasteiger partial charge < -0.3 is 5.32 Å². The zero-order valence-corrected chi connectivity index (χ0v) is 8.94. The standard InChI is InChI=1S/C12H12FN3/c1-8-9-7-16(15-11(9)6-14-8)12-5-3-2-4-10(12)13/h2-5,7-8,14H,6H2,1H3. The summed E-state index contributed by atoms with van der Waals surface area (Å²) in [6.45, 7) is 2.84. The van der Waals surface area contributed by atoms with E-state index >= 15 is 0 Å². The molecule has 3 nitrogen and oxygen atoms in total. The van der Waals surface area contributed by atoms with Crippen LogP contribution in [-0.4, -0.2) is 9.78 Å². The van der Waals surface area contributed by atoms with Crippen LogP contribution in [0.3, 0.4) is 0 Å². The molecule has 0 amide bonds. The first kappa shape index (κ1) is 9.54. The fourth-order valence-corrected chi connectivity index (χ4v) is 2.04. The van der Waals surface area contributed by atoms with Crippen LogP contribution in [0, 0.1) is 5.82 Å². The summed E-state index contributed by atoms with van der Waals surface area (Å²) in [5.74, 6) is -0.246. The van der Waals surface area contributed by atoms with Gasteiger partial charge in [-0.1, -0.05) is 12.1 Å². The molecule has 2 heterocycles. The van der Waals surface area contributed by atoms with E-state index in [1.54, 1.807) is 16.8 Å². The van der Waals surface area contributed by atoms with Crippen LogP contribution >= 0.6 is 0 Å². The van der Waals surface area contributed by atoms with Crippen molar-refractivity contribution in [3.8, 4) is 5.69 Å². The van der Waals surface area contributed by atoms with Crippen LogP contribution in [0.25, 0.3) is 5.69 Å². The van der Waals surface area contributed by atoms with E-state index in [0.29, 0.717) is 11.7 Å². The summed E-state index contributed by atoms with van der Waals surface area (Å²) in [5.41, 5.74) is 2.67. The number of hydrogen-bond donors (Lipinski definition) is 1. The van der Waals surface area contributed by atoms with Crippen LogP contribution in [0.2, 0.25) is 0 Å². The summed E-state index contributed by atoms with van der Waals surface area (Å²) in [6.07, 6.45) is 1.90. The fourth-order valence-electron chi connectivity index (χ4n) is 2.04. The molecule has 1 atom stereocenters. The Morgan fingerprint density at radius 1 is 1.44 bits per heavy atom. The Balaban J connectivity index is 2.09. The number of nitrogens with one attached hydrogen (secondary N) is 1. The molecular weight excluding hydrogens is 205 g/mol. The summed E-state index contributed by atoms with van der Waals surface area (Å²) in [4.78, 5) is 0. The van der Waals surface area contributed by atoms with E-state index < -0.39 is 0 Å². The lowest BCUT2D eigenvalue weighted by Crippen LogP contribution is -2.10. The third-order valence-corrected chi connectivity index (χ3v) is 2.96. The molecule has 0 radical (unpaired) electrons. The first-order chi connectivity index (χ1) is 7.75. The Bertz CT molecular complexity index is 533. The first-order valence-corrected chi connectivity index (χ1v) is 5.32. The van der Waals surface area contributed by atoms with Gasteiger partial charge in [0.1, 0.15) is 11.5 Å². The number of nitrogens with zero attached hydrogens (tertiary/aromatic N) is 2. The van der Waals surface area contributed by atoms with E-state index in [-0.39, 0.29) is 5.82 Å². The minimum Gasteiger partial charge on any atom is -0.304 e. The third-order valence-electron chi connectivity index (χ3n) is 2.96. The Labute approximate surface area is 92.9 Å². The van der Waals surface area contributed by atoms with Gasteiger partial charge in [-0.2, -0.15) is 5.10 Å². The molecule has 0 aliphatic carbocycles. The number of rotatable bonds is 1. The Morgan fingerprint density at radius 3 is 3.00 bits per heavy atom. The van der Waals surface area contributed by atoms with Gasteiger partial charge in [-0.15, -0.1) is 0 Å². The molecule has 1 unspecified atom stereocenters. The molecule has 1 aliphatic heterocycles. The Hall–Kier alpha value is -1.68. The minimum absolute atomic E-state index is 0.246. The molecule has 0 saturated heterocycles. The van der Waals surface area contributed by atoms with Crippen molar-refractivity contribution in [2.75, 3.05) is 0 Å². The lowest BCUT2D eigenvalue weighted by molar-refractivity contribution is 0.597. The van der Waals surface area contributed by atoms with Crippen LogP contribution in [0.4, 0.5) is 4.39 Å². The molecule has 3 rings (SSSR count). The predicted octanol–water partition coefficient (Wildman–Crippen LogP) is 2.18. The van der Waals surface area contributed by atoms with Crippen LogP contribution in [0.15, 0.2) is 30.5 Å². The molecule has 0 fully saturated rings. The van der Waals surface area contributed by atoms with E-state index in [0.717, 1.165) is 17.8 Å². The van der Waals surface area contributed by atoms with Crippen molar-refractivity contribution >= 4 is 0 Å². The smallest absolute Gasteiger partial charge is 0.148 e. The van der Waals surface area contributed by atoms with Gasteiger partial charge in [0.2, 0.25) is 0 Å². The van der Waals surface area contributed by atoms with Crippen LogP contribution in [-0.2, 0) is 6.54 Å². The zero-order chi connectivity index (χ0) is 11.1. The predicted molar refractivity (Wildman–Crippen MR) is 58.8 cm³/mol. The highest BCUT2D eigenvalue weighted by Gasteiger charge is 2.22. The number of aromatic nitrogens is 2. The molecule has 1 aromatic heterocycles. The molecule has 0 bridgehead atoms. The number of benzene rings is 1. The molecule has 2 aromatic rings. The number of hydrogen-bond acceptors (Lipinski definition) is 2. The molecule has 0 saturated carbocycles. The van der Waals surface area contributed by atoms with Crippen LogP contribution in [0.5, 0.6) is 0 Å². The van der Waals surface area contributed by atoms with Crippen LogP contribution < -0.4 is 5.32 Å². The van der Waals surface area contributed by atoms with Crippen molar-refractivity contribution in [2.45, 2.75) is 19.5 Å². The van der Waals surface area contributed by atoms with Crippen molar-refractivity contribution in [1.82, 2.24) is 15.1 Å². The largest absolute Gasteiger partial charge is 0.304 e. The van der Waals surface area contributed by atoms with Gasteiger partial charge in [0, 0.05) is 24.3 Å². The van der Waals surface area contributed by atoms with Gasteiger partial charge in [-0.05, 0) is 19.1 Å². The van der Waals surface area contributed by atoms with E-state index in [1.807, 2.05) is 12.3 Å². The summed E-state index contributed by atoms with van der Waals surface area (Å²) < 4.78 is 15.2. The zero-order valence-electron chi connectivity index (χ0n) is 8.94. The van der Waals surface area contributed by atoms with Gasteiger partial charge in [0.25, 0.3) is 0 Å². The van der Waals surface area contributed by atoms with Crippen molar-refractivity contribution in [3.63, 3.8) is 0 Å². The highest BCUT2D eigenvalue weighted by atomic mass is 19.1. The van der Waals surface area contributed by atoms with E-state index in [1.165, 1.54) is 6.07 Å². The topological polar surface area (TPSA) is 29.9 Å². The van der Waals surface area contributed by atoms with Gasteiger partial charge in [-0.3, -0.25) is 0 Å². The lowest BCUT2D eigenvalue weighted by atomic mass is 10.2. The molecule has 1 aliphatic rings. The fraction of sp³-hybridized carbons (Fsp3) is 0.250. The summed E-state index contributed by atoms with van der Waals surface area (Å²) in [5, 5.41) is 7.68. The Kier molecular flexibility index (Phi) is 2.04. The average Bonchev–Trinajstić information content (AvgIpc) is 2.82. The van der Waals surface area contributed by atoms with Gasteiger partial charge >= 0.3 is 0 Å². The molecule has 82 valence electrons. The van der Waals surface area contributed by atoms with Crippen molar-refractivity contribution in [1.29, 1.82) is 0 Å². The maximum absolute atomic E-state index is 13.6. The van der Waals surface area contributed by atoms with Crippen molar-refractivity contribution < 1.29 is 4.39 Å². The summed E-state index contributed by atoms with van der Waals surface area (Å²) in [6, 6.07) is 6.97. The van der Waals surface area contributed by atoms with Crippen LogP contribution in [0.1, 0.15) is 24.2 Å². The number of para-hydroxylation sites is 1.